The van der Waals surface area contributed by atoms with Crippen molar-refractivity contribution in [2.24, 2.45) is 0 Å². The summed E-state index contributed by atoms with van der Waals surface area (Å²) in [5, 5.41) is 0. The van der Waals surface area contributed by atoms with E-state index in [1.165, 1.54) is 16.7 Å². The SMILES string of the molecule is Cc1ccccc1CN(C)Cc1cccc(Br)c1. The Kier molecular flexibility index (Phi) is 4.56. The molecule has 0 heterocycles. The van der Waals surface area contributed by atoms with Crippen LogP contribution in [-0.2, 0) is 13.1 Å². The third-order valence-electron chi connectivity index (χ3n) is 3.04. The van der Waals surface area contributed by atoms with Crippen molar-refractivity contribution in [3.8, 4) is 0 Å². The molecule has 0 radical (unpaired) electrons. The molecule has 0 saturated heterocycles. The van der Waals surface area contributed by atoms with Gasteiger partial charge >= 0.3 is 0 Å². The molecule has 0 N–H and O–H groups in total. The summed E-state index contributed by atoms with van der Waals surface area (Å²) in [6.07, 6.45) is 0. The average molecular weight is 304 g/mol. The molecule has 2 aromatic rings. The van der Waals surface area contributed by atoms with Gasteiger partial charge in [-0.2, -0.15) is 0 Å². The predicted molar refractivity (Wildman–Crippen MR) is 80.5 cm³/mol. The van der Waals surface area contributed by atoms with E-state index in [0.717, 1.165) is 17.6 Å². The first-order chi connectivity index (χ1) is 8.65. The molecule has 0 atom stereocenters. The Hall–Kier alpha value is -1.12. The van der Waals surface area contributed by atoms with E-state index in [4.69, 9.17) is 0 Å². The van der Waals surface area contributed by atoms with Gasteiger partial charge < -0.3 is 0 Å². The van der Waals surface area contributed by atoms with Crippen molar-refractivity contribution in [1.82, 2.24) is 4.90 Å². The van der Waals surface area contributed by atoms with Crippen molar-refractivity contribution >= 4 is 15.9 Å². The molecule has 94 valence electrons. The number of halogens is 1. The average Bonchev–Trinajstić information content (AvgIpc) is 2.32. The van der Waals surface area contributed by atoms with E-state index < -0.39 is 0 Å². The zero-order chi connectivity index (χ0) is 13.0. The van der Waals surface area contributed by atoms with E-state index in [2.05, 4.69) is 83.3 Å². The number of hydrogen-bond acceptors (Lipinski definition) is 1. The molecule has 0 bridgehead atoms. The Morgan fingerprint density at radius 1 is 1.00 bits per heavy atom. The molecule has 0 aliphatic rings. The van der Waals surface area contributed by atoms with Crippen molar-refractivity contribution in [2.75, 3.05) is 7.05 Å². The molecule has 18 heavy (non-hydrogen) atoms. The second kappa shape index (κ2) is 6.17. The highest BCUT2D eigenvalue weighted by Gasteiger charge is 2.04. The number of aryl methyl sites for hydroxylation is 1. The van der Waals surface area contributed by atoms with Gasteiger partial charge in [-0.05, 0) is 42.8 Å². The van der Waals surface area contributed by atoms with E-state index in [0.29, 0.717) is 0 Å². The topological polar surface area (TPSA) is 3.24 Å². The van der Waals surface area contributed by atoms with Crippen LogP contribution in [0, 0.1) is 6.92 Å². The van der Waals surface area contributed by atoms with Crippen molar-refractivity contribution in [3.05, 3.63) is 69.7 Å². The lowest BCUT2D eigenvalue weighted by atomic mass is 10.1. The summed E-state index contributed by atoms with van der Waals surface area (Å²) in [7, 11) is 2.16. The minimum absolute atomic E-state index is 0.966. The monoisotopic (exact) mass is 303 g/mol. The Bertz CT molecular complexity index is 522. The molecular weight excluding hydrogens is 286 g/mol. The summed E-state index contributed by atoms with van der Waals surface area (Å²) >= 11 is 3.51. The molecule has 0 saturated carbocycles. The zero-order valence-electron chi connectivity index (χ0n) is 10.9. The molecular formula is C16H18BrN. The maximum atomic E-state index is 3.51. The van der Waals surface area contributed by atoms with E-state index in [1.54, 1.807) is 0 Å². The van der Waals surface area contributed by atoms with Gasteiger partial charge in [-0.25, -0.2) is 0 Å². The van der Waals surface area contributed by atoms with E-state index in [1.807, 2.05) is 0 Å². The molecule has 2 aromatic carbocycles. The molecule has 0 fully saturated rings. The summed E-state index contributed by atoms with van der Waals surface area (Å²) < 4.78 is 1.14. The molecule has 0 spiro atoms. The number of hydrogen-bond donors (Lipinski definition) is 0. The van der Waals surface area contributed by atoms with Crippen LogP contribution >= 0.6 is 15.9 Å². The van der Waals surface area contributed by atoms with Crippen molar-refractivity contribution in [1.29, 1.82) is 0 Å². The standard InChI is InChI=1S/C16H18BrN/c1-13-6-3-4-8-15(13)12-18(2)11-14-7-5-9-16(17)10-14/h3-10H,11-12H2,1-2H3. The fourth-order valence-electron chi connectivity index (χ4n) is 2.08. The fraction of sp³-hybridized carbons (Fsp3) is 0.250. The van der Waals surface area contributed by atoms with Gasteiger partial charge in [0.05, 0.1) is 0 Å². The lowest BCUT2D eigenvalue weighted by molar-refractivity contribution is 0.318. The first-order valence-electron chi connectivity index (χ1n) is 6.12. The Morgan fingerprint density at radius 2 is 1.78 bits per heavy atom. The van der Waals surface area contributed by atoms with E-state index in [-0.39, 0.29) is 0 Å². The van der Waals surface area contributed by atoms with E-state index >= 15 is 0 Å². The van der Waals surface area contributed by atoms with Crippen molar-refractivity contribution < 1.29 is 0 Å². The van der Waals surface area contributed by atoms with Gasteiger partial charge in [0.1, 0.15) is 0 Å². The molecule has 2 heteroatoms. The number of nitrogens with zero attached hydrogens (tertiary/aromatic N) is 1. The molecule has 0 aromatic heterocycles. The first kappa shape index (κ1) is 13.3. The normalized spacial score (nSPS) is 10.9. The Labute approximate surface area is 118 Å². The third kappa shape index (κ3) is 3.69. The summed E-state index contributed by atoms with van der Waals surface area (Å²) in [5.41, 5.74) is 4.09. The van der Waals surface area contributed by atoms with Gasteiger partial charge in [-0.15, -0.1) is 0 Å². The van der Waals surface area contributed by atoms with Crippen LogP contribution in [0.5, 0.6) is 0 Å². The molecule has 0 unspecified atom stereocenters. The van der Waals surface area contributed by atoms with Crippen LogP contribution in [-0.4, -0.2) is 11.9 Å². The van der Waals surface area contributed by atoms with Crippen LogP contribution in [0.3, 0.4) is 0 Å². The van der Waals surface area contributed by atoms with Gasteiger partial charge in [0.25, 0.3) is 0 Å². The molecule has 1 nitrogen and oxygen atoms in total. The smallest absolute Gasteiger partial charge is 0.0236 e. The van der Waals surface area contributed by atoms with Gasteiger partial charge in [-0.1, -0.05) is 52.3 Å². The second-order valence-electron chi connectivity index (χ2n) is 4.73. The van der Waals surface area contributed by atoms with Crippen LogP contribution in [0.2, 0.25) is 0 Å². The zero-order valence-corrected chi connectivity index (χ0v) is 12.4. The minimum Gasteiger partial charge on any atom is -0.298 e. The molecule has 0 aliphatic heterocycles. The summed E-state index contributed by atoms with van der Waals surface area (Å²) in [6.45, 7) is 4.12. The first-order valence-corrected chi connectivity index (χ1v) is 6.92. The number of rotatable bonds is 4. The molecule has 2 rings (SSSR count). The largest absolute Gasteiger partial charge is 0.298 e. The Morgan fingerprint density at radius 3 is 2.50 bits per heavy atom. The van der Waals surface area contributed by atoms with Gasteiger partial charge in [-0.3, -0.25) is 4.90 Å². The van der Waals surface area contributed by atoms with Gasteiger partial charge in [0.2, 0.25) is 0 Å². The van der Waals surface area contributed by atoms with E-state index in [9.17, 15) is 0 Å². The second-order valence-corrected chi connectivity index (χ2v) is 5.64. The highest BCUT2D eigenvalue weighted by atomic mass is 79.9. The Balaban J connectivity index is 2.01. The fourth-order valence-corrected chi connectivity index (χ4v) is 2.53. The van der Waals surface area contributed by atoms with Crippen molar-refractivity contribution in [2.45, 2.75) is 20.0 Å². The highest BCUT2D eigenvalue weighted by Crippen LogP contribution is 2.15. The van der Waals surface area contributed by atoms with Crippen molar-refractivity contribution in [3.63, 3.8) is 0 Å². The van der Waals surface area contributed by atoms with Crippen LogP contribution in [0.25, 0.3) is 0 Å². The van der Waals surface area contributed by atoms with Crippen LogP contribution < -0.4 is 0 Å². The maximum absolute atomic E-state index is 3.51. The lowest BCUT2D eigenvalue weighted by Gasteiger charge is -2.18. The highest BCUT2D eigenvalue weighted by molar-refractivity contribution is 9.10. The van der Waals surface area contributed by atoms with Gasteiger partial charge in [0.15, 0.2) is 0 Å². The quantitative estimate of drug-likeness (QED) is 0.810. The lowest BCUT2D eigenvalue weighted by Crippen LogP contribution is -2.17. The summed E-state index contributed by atoms with van der Waals surface area (Å²) in [4.78, 5) is 2.34. The minimum atomic E-state index is 0.966. The van der Waals surface area contributed by atoms with Crippen LogP contribution in [0.15, 0.2) is 53.0 Å². The molecule has 0 aliphatic carbocycles. The number of benzene rings is 2. The van der Waals surface area contributed by atoms with Crippen LogP contribution in [0.1, 0.15) is 16.7 Å². The molecule has 0 amide bonds. The maximum Gasteiger partial charge on any atom is 0.0236 e. The summed E-state index contributed by atoms with van der Waals surface area (Å²) in [6, 6.07) is 17.1. The third-order valence-corrected chi connectivity index (χ3v) is 3.54. The predicted octanol–water partition coefficient (Wildman–Crippen LogP) is 4.39. The summed E-state index contributed by atoms with van der Waals surface area (Å²) in [5.74, 6) is 0. The van der Waals surface area contributed by atoms with Gasteiger partial charge in [0, 0.05) is 17.6 Å². The van der Waals surface area contributed by atoms with Crippen LogP contribution in [0.4, 0.5) is 0 Å².